The van der Waals surface area contributed by atoms with E-state index in [1.807, 2.05) is 56.3 Å². The van der Waals surface area contributed by atoms with Crippen LogP contribution in [0.1, 0.15) is 11.1 Å². The summed E-state index contributed by atoms with van der Waals surface area (Å²) in [6.07, 6.45) is 1.58. The van der Waals surface area contributed by atoms with E-state index < -0.39 is 0 Å². The lowest BCUT2D eigenvalue weighted by Crippen LogP contribution is -2.03. The first-order valence-electron chi connectivity index (χ1n) is 7.17. The van der Waals surface area contributed by atoms with Crippen molar-refractivity contribution in [3.05, 3.63) is 64.8 Å². The second-order valence-corrected chi connectivity index (χ2v) is 5.68. The van der Waals surface area contributed by atoms with E-state index in [-0.39, 0.29) is 0 Å². The van der Waals surface area contributed by atoms with Crippen molar-refractivity contribution in [1.29, 1.82) is 0 Å². The minimum Gasteiger partial charge on any atom is -0.339 e. The fourth-order valence-corrected chi connectivity index (χ4v) is 2.31. The highest BCUT2D eigenvalue weighted by molar-refractivity contribution is 6.30. The highest BCUT2D eigenvalue weighted by Crippen LogP contribution is 2.23. The maximum atomic E-state index is 6.03. The Morgan fingerprint density at radius 2 is 1.87 bits per heavy atom. The van der Waals surface area contributed by atoms with E-state index in [0.29, 0.717) is 16.8 Å². The molecule has 6 heteroatoms. The molecule has 0 aliphatic rings. The number of nitrogens with zero attached hydrogens (tertiary/aromatic N) is 3. The van der Waals surface area contributed by atoms with Crippen molar-refractivity contribution in [3.63, 3.8) is 0 Å². The third-order valence-corrected chi connectivity index (χ3v) is 3.53. The smallest absolute Gasteiger partial charge is 0.249 e. The molecule has 0 saturated carbocycles. The molecule has 23 heavy (non-hydrogen) atoms. The van der Waals surface area contributed by atoms with Gasteiger partial charge < -0.3 is 10.6 Å². The number of nitrogens with one attached hydrogen (secondary N) is 2. The summed E-state index contributed by atoms with van der Waals surface area (Å²) in [5.74, 6) is 1.03. The molecule has 1 aromatic heterocycles. The number of halogens is 1. The van der Waals surface area contributed by atoms with Crippen LogP contribution in [0, 0.1) is 13.8 Å². The SMILES string of the molecule is Cc1cccc(Nc2cnnc(Nc3cc(Cl)ccc3C)n2)c1. The minimum absolute atomic E-state index is 0.410. The van der Waals surface area contributed by atoms with Crippen LogP contribution in [-0.2, 0) is 0 Å². The van der Waals surface area contributed by atoms with Crippen molar-refractivity contribution >= 4 is 34.7 Å². The highest BCUT2D eigenvalue weighted by Gasteiger charge is 2.05. The number of hydrogen-bond acceptors (Lipinski definition) is 5. The van der Waals surface area contributed by atoms with Gasteiger partial charge in [0, 0.05) is 16.4 Å². The largest absolute Gasteiger partial charge is 0.339 e. The summed E-state index contributed by atoms with van der Waals surface area (Å²) in [6.45, 7) is 4.03. The first-order chi connectivity index (χ1) is 11.1. The number of anilines is 4. The first-order valence-corrected chi connectivity index (χ1v) is 7.54. The fraction of sp³-hybridized carbons (Fsp3) is 0.118. The molecule has 2 aromatic carbocycles. The third-order valence-electron chi connectivity index (χ3n) is 3.30. The second-order valence-electron chi connectivity index (χ2n) is 5.24. The molecule has 116 valence electrons. The van der Waals surface area contributed by atoms with Gasteiger partial charge in [0.25, 0.3) is 0 Å². The van der Waals surface area contributed by atoms with Gasteiger partial charge in [-0.1, -0.05) is 29.8 Å². The number of rotatable bonds is 4. The lowest BCUT2D eigenvalue weighted by atomic mass is 10.2. The molecule has 1 heterocycles. The molecule has 3 aromatic rings. The summed E-state index contributed by atoms with van der Waals surface area (Å²) in [7, 11) is 0. The molecule has 0 unspecified atom stereocenters. The number of aromatic nitrogens is 3. The van der Waals surface area contributed by atoms with Crippen LogP contribution in [0.15, 0.2) is 48.7 Å². The zero-order valence-corrected chi connectivity index (χ0v) is 13.6. The summed E-state index contributed by atoms with van der Waals surface area (Å²) < 4.78 is 0. The summed E-state index contributed by atoms with van der Waals surface area (Å²) in [4.78, 5) is 4.42. The Hall–Kier alpha value is -2.66. The molecule has 0 fully saturated rings. The third kappa shape index (κ3) is 3.96. The van der Waals surface area contributed by atoms with Gasteiger partial charge >= 0.3 is 0 Å². The van der Waals surface area contributed by atoms with Crippen LogP contribution >= 0.6 is 11.6 Å². The Morgan fingerprint density at radius 1 is 1.00 bits per heavy atom. The molecule has 0 amide bonds. The van der Waals surface area contributed by atoms with Crippen molar-refractivity contribution < 1.29 is 0 Å². The van der Waals surface area contributed by atoms with E-state index in [2.05, 4.69) is 25.8 Å². The Labute approximate surface area is 139 Å². The van der Waals surface area contributed by atoms with Crippen LogP contribution in [-0.4, -0.2) is 15.2 Å². The van der Waals surface area contributed by atoms with Gasteiger partial charge in [-0.3, -0.25) is 0 Å². The van der Waals surface area contributed by atoms with Crippen molar-refractivity contribution in [2.24, 2.45) is 0 Å². The molecule has 2 N–H and O–H groups in total. The Morgan fingerprint density at radius 3 is 2.70 bits per heavy atom. The van der Waals surface area contributed by atoms with E-state index in [0.717, 1.165) is 16.9 Å². The van der Waals surface area contributed by atoms with E-state index in [9.17, 15) is 0 Å². The second kappa shape index (κ2) is 6.62. The van der Waals surface area contributed by atoms with Crippen LogP contribution in [0.25, 0.3) is 0 Å². The molecular formula is C17H16ClN5. The standard InChI is InChI=1S/C17H16ClN5/c1-11-4-3-5-14(8-11)20-16-10-19-23-17(22-16)21-15-9-13(18)7-6-12(15)2/h3-10H,1-2H3,(H2,20,21,22,23). The molecule has 5 nitrogen and oxygen atoms in total. The molecule has 3 rings (SSSR count). The van der Waals surface area contributed by atoms with Crippen LogP contribution in [0.2, 0.25) is 5.02 Å². The monoisotopic (exact) mass is 325 g/mol. The summed E-state index contributed by atoms with van der Waals surface area (Å²) in [5, 5.41) is 15.0. The van der Waals surface area contributed by atoms with Crippen LogP contribution in [0.3, 0.4) is 0 Å². The molecular weight excluding hydrogens is 310 g/mol. The summed E-state index contributed by atoms with van der Waals surface area (Å²) in [5.41, 5.74) is 4.03. The van der Waals surface area contributed by atoms with Crippen LogP contribution in [0.5, 0.6) is 0 Å². The van der Waals surface area contributed by atoms with Gasteiger partial charge in [-0.25, -0.2) is 0 Å². The Balaban J connectivity index is 1.81. The molecule has 0 bridgehead atoms. The average molecular weight is 326 g/mol. The van der Waals surface area contributed by atoms with Gasteiger partial charge in [-0.2, -0.15) is 10.1 Å². The van der Waals surface area contributed by atoms with Gasteiger partial charge in [0.1, 0.15) is 0 Å². The summed E-state index contributed by atoms with van der Waals surface area (Å²) >= 11 is 6.03. The number of hydrogen-bond donors (Lipinski definition) is 2. The molecule has 0 saturated heterocycles. The molecule has 0 atom stereocenters. The Kier molecular flexibility index (Phi) is 4.39. The zero-order chi connectivity index (χ0) is 16.2. The quantitative estimate of drug-likeness (QED) is 0.732. The van der Waals surface area contributed by atoms with Gasteiger partial charge in [-0.15, -0.1) is 5.10 Å². The summed E-state index contributed by atoms with van der Waals surface area (Å²) in [6, 6.07) is 13.7. The van der Waals surface area contributed by atoms with E-state index in [1.54, 1.807) is 6.20 Å². The van der Waals surface area contributed by atoms with Gasteiger partial charge in [0.05, 0.1) is 6.20 Å². The maximum absolute atomic E-state index is 6.03. The topological polar surface area (TPSA) is 62.7 Å². The zero-order valence-electron chi connectivity index (χ0n) is 12.8. The van der Waals surface area contributed by atoms with Gasteiger partial charge in [-0.05, 0) is 49.2 Å². The maximum Gasteiger partial charge on any atom is 0.249 e. The normalized spacial score (nSPS) is 10.4. The number of aryl methyl sites for hydroxylation is 2. The van der Waals surface area contributed by atoms with Gasteiger partial charge in [0.2, 0.25) is 5.95 Å². The fourth-order valence-electron chi connectivity index (χ4n) is 2.14. The Bertz CT molecular complexity index is 835. The van der Waals surface area contributed by atoms with Gasteiger partial charge in [0.15, 0.2) is 5.82 Å². The average Bonchev–Trinajstić information content (AvgIpc) is 2.51. The lowest BCUT2D eigenvalue weighted by Gasteiger charge is -2.10. The minimum atomic E-state index is 0.410. The van der Waals surface area contributed by atoms with Crippen molar-refractivity contribution in [2.75, 3.05) is 10.6 Å². The van der Waals surface area contributed by atoms with E-state index >= 15 is 0 Å². The van der Waals surface area contributed by atoms with Crippen molar-refractivity contribution in [1.82, 2.24) is 15.2 Å². The van der Waals surface area contributed by atoms with Crippen molar-refractivity contribution in [3.8, 4) is 0 Å². The van der Waals surface area contributed by atoms with Crippen molar-refractivity contribution in [2.45, 2.75) is 13.8 Å². The molecule has 0 spiro atoms. The highest BCUT2D eigenvalue weighted by atomic mass is 35.5. The molecule has 0 radical (unpaired) electrons. The predicted molar refractivity (Wildman–Crippen MR) is 93.8 cm³/mol. The molecule has 0 aliphatic heterocycles. The lowest BCUT2D eigenvalue weighted by molar-refractivity contribution is 0.981. The first kappa shape index (κ1) is 15.2. The predicted octanol–water partition coefficient (Wildman–Crippen LogP) is 4.63. The van der Waals surface area contributed by atoms with E-state index in [4.69, 9.17) is 11.6 Å². The van der Waals surface area contributed by atoms with Crippen LogP contribution in [0.4, 0.5) is 23.1 Å². The number of benzene rings is 2. The van der Waals surface area contributed by atoms with E-state index in [1.165, 1.54) is 5.56 Å². The molecule has 0 aliphatic carbocycles. The van der Waals surface area contributed by atoms with Crippen LogP contribution < -0.4 is 10.6 Å².